The predicted molar refractivity (Wildman–Crippen MR) is 68.6 cm³/mol. The molecule has 1 rings (SSSR count). The molecule has 86 valence electrons. The van der Waals surface area contributed by atoms with Gasteiger partial charge in [-0.25, -0.2) is 4.98 Å². The fourth-order valence-electron chi connectivity index (χ4n) is 1.13. The molecule has 16 heavy (non-hydrogen) atoms. The molecule has 0 amide bonds. The summed E-state index contributed by atoms with van der Waals surface area (Å²) in [5, 5.41) is 7.20. The maximum absolute atomic E-state index is 5.16. The molecular weight excluding hydrogens is 220 g/mol. The van der Waals surface area contributed by atoms with Crippen molar-refractivity contribution in [3.63, 3.8) is 0 Å². The van der Waals surface area contributed by atoms with Crippen molar-refractivity contribution in [3.8, 4) is 12.3 Å². The number of hydrogen-bond donors (Lipinski definition) is 2. The smallest absolute Gasteiger partial charge is 0.192 e. The molecule has 0 atom stereocenters. The third-order valence-corrected chi connectivity index (χ3v) is 3.13. The number of rotatable bonds is 3. The van der Waals surface area contributed by atoms with E-state index in [4.69, 9.17) is 6.42 Å². The Labute approximate surface area is 100 Å². The Hall–Kier alpha value is -1.54. The van der Waals surface area contributed by atoms with E-state index >= 15 is 0 Å². The minimum absolute atomic E-state index is 0.468. The Morgan fingerprint density at radius 1 is 1.50 bits per heavy atom. The zero-order chi connectivity index (χ0) is 12.0. The lowest BCUT2D eigenvalue weighted by Gasteiger charge is -2.07. The van der Waals surface area contributed by atoms with Crippen LogP contribution in [0.4, 0.5) is 0 Å². The first kappa shape index (κ1) is 12.5. The van der Waals surface area contributed by atoms with Gasteiger partial charge in [0.15, 0.2) is 5.96 Å². The van der Waals surface area contributed by atoms with Gasteiger partial charge in [0.2, 0.25) is 0 Å². The third kappa shape index (κ3) is 3.55. The highest BCUT2D eigenvalue weighted by Crippen LogP contribution is 2.15. The van der Waals surface area contributed by atoms with Gasteiger partial charge in [0.1, 0.15) is 5.01 Å². The van der Waals surface area contributed by atoms with Gasteiger partial charge in [0.05, 0.1) is 18.8 Å². The average Bonchev–Trinajstić information content (AvgIpc) is 2.59. The molecule has 1 aromatic heterocycles. The van der Waals surface area contributed by atoms with Crippen LogP contribution in [0.25, 0.3) is 0 Å². The van der Waals surface area contributed by atoms with E-state index in [9.17, 15) is 0 Å². The number of aliphatic imine (C=N–C) groups is 1. The Kier molecular flexibility index (Phi) is 4.80. The second-order valence-corrected chi connectivity index (χ2v) is 4.52. The van der Waals surface area contributed by atoms with E-state index in [2.05, 4.69) is 33.5 Å². The number of nitrogens with one attached hydrogen (secondary N) is 2. The highest BCUT2D eigenvalue weighted by atomic mass is 32.1. The van der Waals surface area contributed by atoms with Gasteiger partial charge in [-0.05, 0) is 13.8 Å². The molecule has 5 heteroatoms. The molecule has 0 saturated heterocycles. The molecule has 0 radical (unpaired) electrons. The summed E-state index contributed by atoms with van der Waals surface area (Å²) in [4.78, 5) is 9.73. The number of thiazole rings is 1. The molecule has 0 fully saturated rings. The maximum Gasteiger partial charge on any atom is 0.192 e. The summed E-state index contributed by atoms with van der Waals surface area (Å²) in [5.74, 6) is 3.20. The molecule has 2 N–H and O–H groups in total. The second-order valence-electron chi connectivity index (χ2n) is 3.23. The van der Waals surface area contributed by atoms with Gasteiger partial charge >= 0.3 is 0 Å². The van der Waals surface area contributed by atoms with Crippen molar-refractivity contribution in [2.75, 3.05) is 13.6 Å². The van der Waals surface area contributed by atoms with Crippen LogP contribution in [0.2, 0.25) is 0 Å². The van der Waals surface area contributed by atoms with Crippen LogP contribution in [0, 0.1) is 26.2 Å². The molecule has 4 nitrogen and oxygen atoms in total. The van der Waals surface area contributed by atoms with Crippen LogP contribution in [0.1, 0.15) is 15.6 Å². The molecule has 1 aromatic rings. The van der Waals surface area contributed by atoms with Crippen LogP contribution >= 0.6 is 11.3 Å². The van der Waals surface area contributed by atoms with Gasteiger partial charge in [0.25, 0.3) is 0 Å². The van der Waals surface area contributed by atoms with E-state index in [0.29, 0.717) is 19.0 Å². The van der Waals surface area contributed by atoms with Gasteiger partial charge in [-0.1, -0.05) is 5.92 Å². The van der Waals surface area contributed by atoms with E-state index in [1.165, 1.54) is 4.88 Å². The first-order valence-corrected chi connectivity index (χ1v) is 5.80. The maximum atomic E-state index is 5.16. The topological polar surface area (TPSA) is 49.3 Å². The fourth-order valence-corrected chi connectivity index (χ4v) is 2.00. The molecule has 0 aliphatic rings. The summed E-state index contributed by atoms with van der Waals surface area (Å²) in [6.07, 6.45) is 5.16. The largest absolute Gasteiger partial charge is 0.350 e. The number of guanidine groups is 1. The van der Waals surface area contributed by atoms with Crippen LogP contribution in [-0.2, 0) is 6.54 Å². The minimum Gasteiger partial charge on any atom is -0.350 e. The van der Waals surface area contributed by atoms with Gasteiger partial charge in [-0.2, -0.15) is 0 Å². The number of aryl methyl sites for hydroxylation is 2. The summed E-state index contributed by atoms with van der Waals surface area (Å²) < 4.78 is 0. The van der Waals surface area contributed by atoms with Crippen LogP contribution in [-0.4, -0.2) is 24.5 Å². The molecular formula is C11H16N4S. The molecule has 0 aliphatic heterocycles. The van der Waals surface area contributed by atoms with Crippen LogP contribution in [0.5, 0.6) is 0 Å². The number of hydrogen-bond acceptors (Lipinski definition) is 3. The number of terminal acetylenes is 1. The van der Waals surface area contributed by atoms with E-state index < -0.39 is 0 Å². The van der Waals surface area contributed by atoms with Crippen LogP contribution in [0.15, 0.2) is 4.99 Å². The highest BCUT2D eigenvalue weighted by Gasteiger charge is 2.03. The lowest BCUT2D eigenvalue weighted by molar-refractivity contribution is 0.841. The molecule has 0 bridgehead atoms. The van der Waals surface area contributed by atoms with Crippen molar-refractivity contribution in [3.05, 3.63) is 15.6 Å². The zero-order valence-corrected chi connectivity index (χ0v) is 10.6. The molecule has 1 heterocycles. The minimum atomic E-state index is 0.468. The quantitative estimate of drug-likeness (QED) is 0.469. The third-order valence-electron chi connectivity index (χ3n) is 2.06. The summed E-state index contributed by atoms with van der Waals surface area (Å²) in [6, 6.07) is 0. The van der Waals surface area contributed by atoms with Crippen molar-refractivity contribution in [1.29, 1.82) is 0 Å². The van der Waals surface area contributed by atoms with E-state index in [1.54, 1.807) is 18.4 Å². The number of nitrogens with zero attached hydrogens (tertiary/aromatic N) is 2. The summed E-state index contributed by atoms with van der Waals surface area (Å²) in [6.45, 7) is 5.22. The SMILES string of the molecule is C#CCNC(=NC)NCc1nc(C)c(C)s1. The zero-order valence-electron chi connectivity index (χ0n) is 9.79. The van der Waals surface area contributed by atoms with Gasteiger partial charge in [-0.15, -0.1) is 17.8 Å². The van der Waals surface area contributed by atoms with Crippen molar-refractivity contribution in [2.45, 2.75) is 20.4 Å². The second kappa shape index (κ2) is 6.13. The molecule has 0 spiro atoms. The van der Waals surface area contributed by atoms with Crippen molar-refractivity contribution >= 4 is 17.3 Å². The summed E-state index contributed by atoms with van der Waals surface area (Å²) >= 11 is 1.69. The van der Waals surface area contributed by atoms with E-state index in [1.807, 2.05) is 6.92 Å². The van der Waals surface area contributed by atoms with Gasteiger partial charge in [-0.3, -0.25) is 4.99 Å². The first-order valence-electron chi connectivity index (χ1n) is 4.98. The Bertz CT molecular complexity index is 395. The summed E-state index contributed by atoms with van der Waals surface area (Å²) in [5.41, 5.74) is 1.09. The standard InChI is InChI=1S/C11H16N4S/c1-5-6-13-11(12-4)14-7-10-15-8(2)9(3)16-10/h1H,6-7H2,2-4H3,(H2,12,13,14). The first-order chi connectivity index (χ1) is 7.67. The Morgan fingerprint density at radius 3 is 2.75 bits per heavy atom. The average molecular weight is 236 g/mol. The Morgan fingerprint density at radius 2 is 2.25 bits per heavy atom. The fraction of sp³-hybridized carbons (Fsp3) is 0.455. The molecule has 0 unspecified atom stereocenters. The predicted octanol–water partition coefficient (Wildman–Crippen LogP) is 1.06. The summed E-state index contributed by atoms with van der Waals surface area (Å²) in [7, 11) is 1.71. The van der Waals surface area contributed by atoms with Gasteiger partial charge in [0, 0.05) is 11.9 Å². The highest BCUT2D eigenvalue weighted by molar-refractivity contribution is 7.11. The Balaban J connectivity index is 2.47. The van der Waals surface area contributed by atoms with Crippen molar-refractivity contribution in [1.82, 2.24) is 15.6 Å². The van der Waals surface area contributed by atoms with E-state index in [-0.39, 0.29) is 0 Å². The van der Waals surface area contributed by atoms with Crippen LogP contribution < -0.4 is 10.6 Å². The lowest BCUT2D eigenvalue weighted by Crippen LogP contribution is -2.36. The molecule has 0 aliphatic carbocycles. The monoisotopic (exact) mass is 236 g/mol. The number of aromatic nitrogens is 1. The normalized spacial score (nSPS) is 11.0. The van der Waals surface area contributed by atoms with Crippen molar-refractivity contribution < 1.29 is 0 Å². The lowest BCUT2D eigenvalue weighted by atomic mass is 10.4. The van der Waals surface area contributed by atoms with Crippen molar-refractivity contribution in [2.24, 2.45) is 4.99 Å². The molecule has 0 aromatic carbocycles. The molecule has 0 saturated carbocycles. The van der Waals surface area contributed by atoms with Crippen LogP contribution in [0.3, 0.4) is 0 Å². The van der Waals surface area contributed by atoms with Gasteiger partial charge < -0.3 is 10.6 Å². The van der Waals surface area contributed by atoms with E-state index in [0.717, 1.165) is 10.7 Å².